The molecule has 0 radical (unpaired) electrons. The van der Waals surface area contributed by atoms with Gasteiger partial charge in [-0.1, -0.05) is 58.0 Å². The lowest BCUT2D eigenvalue weighted by Crippen LogP contribution is -2.68. The SMILES string of the molecule is COC(=O)[C@]12O[C@@]1(c1ccccc1)C(C)(C)C2(C)C. The predicted molar refractivity (Wildman–Crippen MR) is 71.5 cm³/mol. The zero-order valence-corrected chi connectivity index (χ0v) is 12.1. The minimum Gasteiger partial charge on any atom is -0.467 e. The molecule has 1 aliphatic heterocycles. The van der Waals surface area contributed by atoms with Gasteiger partial charge in [-0.15, -0.1) is 0 Å². The first-order chi connectivity index (χ1) is 8.79. The molecule has 0 unspecified atom stereocenters. The van der Waals surface area contributed by atoms with E-state index in [1.54, 1.807) is 0 Å². The van der Waals surface area contributed by atoms with Crippen molar-refractivity contribution in [3.05, 3.63) is 35.9 Å². The zero-order chi connectivity index (χ0) is 14.1. The first-order valence-electron chi connectivity index (χ1n) is 6.64. The van der Waals surface area contributed by atoms with Gasteiger partial charge < -0.3 is 9.47 Å². The highest BCUT2D eigenvalue weighted by Gasteiger charge is 2.98. The summed E-state index contributed by atoms with van der Waals surface area (Å²) in [7, 11) is 1.43. The number of carbonyl (C=O) groups excluding carboxylic acids is 1. The van der Waals surface area contributed by atoms with Crippen molar-refractivity contribution in [2.45, 2.75) is 38.9 Å². The van der Waals surface area contributed by atoms with Crippen molar-refractivity contribution in [2.75, 3.05) is 7.11 Å². The van der Waals surface area contributed by atoms with Crippen molar-refractivity contribution in [3.63, 3.8) is 0 Å². The number of hydrogen-bond donors (Lipinski definition) is 0. The summed E-state index contributed by atoms with van der Waals surface area (Å²) in [6.45, 7) is 8.48. The number of carbonyl (C=O) groups is 1. The number of fused-ring (bicyclic) bond motifs is 1. The van der Waals surface area contributed by atoms with Crippen LogP contribution in [0.1, 0.15) is 33.3 Å². The number of ether oxygens (including phenoxy) is 2. The monoisotopic (exact) mass is 260 g/mol. The molecular formula is C16H20O3. The molecule has 1 heterocycles. The van der Waals surface area contributed by atoms with Gasteiger partial charge in [0.05, 0.1) is 7.11 Å². The molecule has 1 aromatic rings. The van der Waals surface area contributed by atoms with E-state index < -0.39 is 11.2 Å². The third-order valence-corrected chi connectivity index (χ3v) is 5.74. The van der Waals surface area contributed by atoms with Crippen LogP contribution in [0.3, 0.4) is 0 Å². The average Bonchev–Trinajstić information content (AvgIpc) is 3.10. The minimum absolute atomic E-state index is 0.129. The molecule has 0 bridgehead atoms. The van der Waals surface area contributed by atoms with E-state index in [2.05, 4.69) is 27.7 Å². The molecule has 0 spiro atoms. The molecule has 0 aromatic heterocycles. The highest BCUT2D eigenvalue weighted by atomic mass is 16.7. The van der Waals surface area contributed by atoms with Crippen LogP contribution < -0.4 is 0 Å². The maximum Gasteiger partial charge on any atom is 0.342 e. The van der Waals surface area contributed by atoms with E-state index in [9.17, 15) is 4.79 Å². The quantitative estimate of drug-likeness (QED) is 0.606. The van der Waals surface area contributed by atoms with Crippen molar-refractivity contribution in [1.29, 1.82) is 0 Å². The van der Waals surface area contributed by atoms with Gasteiger partial charge >= 0.3 is 5.97 Å². The normalized spacial score (nSPS) is 36.9. The number of benzene rings is 1. The third kappa shape index (κ3) is 0.971. The molecule has 102 valence electrons. The highest BCUT2D eigenvalue weighted by Crippen LogP contribution is 2.86. The molecule has 0 N–H and O–H groups in total. The first kappa shape index (κ1) is 12.7. The number of esters is 1. The molecule has 2 atom stereocenters. The van der Waals surface area contributed by atoms with Gasteiger partial charge in [-0.25, -0.2) is 4.79 Å². The summed E-state index contributed by atoms with van der Waals surface area (Å²) in [6.07, 6.45) is 0. The Balaban J connectivity index is 2.16. The van der Waals surface area contributed by atoms with Gasteiger partial charge in [-0.3, -0.25) is 0 Å². The van der Waals surface area contributed by atoms with Crippen molar-refractivity contribution < 1.29 is 14.3 Å². The summed E-state index contributed by atoms with van der Waals surface area (Å²) in [5.41, 5.74) is -0.708. The molecule has 3 heteroatoms. The fraction of sp³-hybridized carbons (Fsp3) is 0.562. The number of epoxide rings is 1. The van der Waals surface area contributed by atoms with Crippen LogP contribution in [-0.4, -0.2) is 18.7 Å². The molecule has 1 saturated carbocycles. The Hall–Kier alpha value is -1.35. The lowest BCUT2D eigenvalue weighted by atomic mass is 9.39. The summed E-state index contributed by atoms with van der Waals surface area (Å²) in [5, 5.41) is 0. The first-order valence-corrected chi connectivity index (χ1v) is 6.64. The van der Waals surface area contributed by atoms with Crippen molar-refractivity contribution >= 4 is 5.97 Å². The summed E-state index contributed by atoms with van der Waals surface area (Å²) < 4.78 is 11.1. The second-order valence-corrected chi connectivity index (χ2v) is 6.57. The van der Waals surface area contributed by atoms with Crippen LogP contribution in [0.25, 0.3) is 0 Å². The molecule has 3 rings (SSSR count). The van der Waals surface area contributed by atoms with Crippen LogP contribution >= 0.6 is 0 Å². The van der Waals surface area contributed by atoms with Crippen LogP contribution in [0, 0.1) is 10.8 Å². The van der Waals surface area contributed by atoms with E-state index in [0.29, 0.717) is 0 Å². The average molecular weight is 260 g/mol. The second kappa shape index (κ2) is 3.21. The minimum atomic E-state index is -0.834. The maximum absolute atomic E-state index is 12.3. The Morgan fingerprint density at radius 1 is 1.05 bits per heavy atom. The summed E-state index contributed by atoms with van der Waals surface area (Å²) in [5.74, 6) is -0.263. The van der Waals surface area contributed by atoms with Crippen LogP contribution in [-0.2, 0) is 19.9 Å². The predicted octanol–water partition coefficient (Wildman–Crippen LogP) is 2.89. The number of methoxy groups -OCH3 is 1. The zero-order valence-electron chi connectivity index (χ0n) is 12.1. The lowest BCUT2D eigenvalue weighted by molar-refractivity contribution is -0.167. The molecule has 2 fully saturated rings. The van der Waals surface area contributed by atoms with E-state index in [1.807, 2.05) is 30.3 Å². The fourth-order valence-electron chi connectivity index (χ4n) is 4.04. The van der Waals surface area contributed by atoms with Crippen molar-refractivity contribution in [3.8, 4) is 0 Å². The lowest BCUT2D eigenvalue weighted by Gasteiger charge is -2.57. The van der Waals surface area contributed by atoms with Gasteiger partial charge in [0.1, 0.15) is 5.60 Å². The number of rotatable bonds is 2. The van der Waals surface area contributed by atoms with Gasteiger partial charge in [0.15, 0.2) is 0 Å². The topological polar surface area (TPSA) is 38.8 Å². The van der Waals surface area contributed by atoms with Crippen LogP contribution in [0.15, 0.2) is 30.3 Å². The van der Waals surface area contributed by atoms with Crippen LogP contribution in [0.2, 0.25) is 0 Å². The Morgan fingerprint density at radius 3 is 2.16 bits per heavy atom. The van der Waals surface area contributed by atoms with Gasteiger partial charge in [0.2, 0.25) is 5.60 Å². The molecule has 0 amide bonds. The maximum atomic E-state index is 12.3. The molecule has 2 aliphatic rings. The fourth-order valence-corrected chi connectivity index (χ4v) is 4.04. The smallest absolute Gasteiger partial charge is 0.342 e. The third-order valence-electron chi connectivity index (χ3n) is 5.74. The van der Waals surface area contributed by atoms with Gasteiger partial charge in [0.25, 0.3) is 0 Å². The van der Waals surface area contributed by atoms with Crippen molar-refractivity contribution in [2.24, 2.45) is 10.8 Å². The summed E-state index contributed by atoms with van der Waals surface area (Å²) in [6, 6.07) is 9.99. The molecule has 19 heavy (non-hydrogen) atoms. The standard InChI is InChI=1S/C16H20O3/c1-13(2)14(3,4)16(12(17)18-5)15(13,19-16)11-9-7-6-8-10-11/h6-10H,1-5H3/t15-,16+/m0/s1. The van der Waals surface area contributed by atoms with E-state index in [-0.39, 0.29) is 16.8 Å². The Kier molecular flexibility index (Phi) is 2.14. The van der Waals surface area contributed by atoms with Crippen LogP contribution in [0.4, 0.5) is 0 Å². The number of hydrogen-bond acceptors (Lipinski definition) is 3. The van der Waals surface area contributed by atoms with Crippen molar-refractivity contribution in [1.82, 2.24) is 0 Å². The summed E-state index contributed by atoms with van der Waals surface area (Å²) in [4.78, 5) is 12.3. The Bertz CT molecular complexity index is 546. The van der Waals surface area contributed by atoms with Crippen LogP contribution in [0.5, 0.6) is 0 Å². The van der Waals surface area contributed by atoms with Gasteiger partial charge in [-0.2, -0.15) is 0 Å². The Labute approximate surface area is 113 Å². The van der Waals surface area contributed by atoms with E-state index in [1.165, 1.54) is 7.11 Å². The molecule has 1 aromatic carbocycles. The molecule has 1 aliphatic carbocycles. The summed E-state index contributed by atoms with van der Waals surface area (Å²) >= 11 is 0. The van der Waals surface area contributed by atoms with E-state index >= 15 is 0 Å². The Morgan fingerprint density at radius 2 is 1.63 bits per heavy atom. The largest absolute Gasteiger partial charge is 0.467 e. The van der Waals surface area contributed by atoms with E-state index in [4.69, 9.17) is 9.47 Å². The van der Waals surface area contributed by atoms with Gasteiger partial charge in [0, 0.05) is 10.8 Å². The second-order valence-electron chi connectivity index (χ2n) is 6.57. The van der Waals surface area contributed by atoms with Gasteiger partial charge in [-0.05, 0) is 5.56 Å². The molecule has 1 saturated heterocycles. The molecular weight excluding hydrogens is 240 g/mol. The highest BCUT2D eigenvalue weighted by molar-refractivity contribution is 5.90. The van der Waals surface area contributed by atoms with E-state index in [0.717, 1.165) is 5.56 Å². The molecule has 3 nitrogen and oxygen atoms in total.